The number of anilines is 1. The third kappa shape index (κ3) is 3.72. The fourth-order valence-corrected chi connectivity index (χ4v) is 2.46. The minimum atomic E-state index is 0.0373. The molecule has 1 amide bonds. The highest BCUT2D eigenvalue weighted by molar-refractivity contribution is 5.99. The van der Waals surface area contributed by atoms with Crippen molar-refractivity contribution in [2.45, 2.75) is 39.5 Å². The molecule has 0 bridgehead atoms. The van der Waals surface area contributed by atoms with Gasteiger partial charge in [0.25, 0.3) is 5.91 Å². The van der Waals surface area contributed by atoms with E-state index in [0.717, 1.165) is 36.7 Å². The molecule has 0 heterocycles. The molecule has 1 aliphatic carbocycles. The lowest BCUT2D eigenvalue weighted by Crippen LogP contribution is -2.28. The maximum absolute atomic E-state index is 12.2. The largest absolute Gasteiger partial charge is 0.385 e. The summed E-state index contributed by atoms with van der Waals surface area (Å²) in [5.74, 6) is 0.877. The molecule has 104 valence electrons. The first-order valence-electron chi connectivity index (χ1n) is 7.33. The van der Waals surface area contributed by atoms with E-state index in [9.17, 15) is 4.79 Å². The van der Waals surface area contributed by atoms with Gasteiger partial charge in [-0.05, 0) is 43.9 Å². The van der Waals surface area contributed by atoms with Crippen molar-refractivity contribution in [3.05, 3.63) is 29.3 Å². The van der Waals surface area contributed by atoms with Crippen LogP contribution in [0.2, 0.25) is 0 Å². The summed E-state index contributed by atoms with van der Waals surface area (Å²) in [6, 6.07) is 5.93. The smallest absolute Gasteiger partial charge is 0.253 e. The van der Waals surface area contributed by atoms with Crippen molar-refractivity contribution in [1.29, 1.82) is 0 Å². The van der Waals surface area contributed by atoms with Gasteiger partial charge < -0.3 is 10.6 Å². The predicted octanol–water partition coefficient (Wildman–Crippen LogP) is 3.35. The second kappa shape index (κ2) is 6.60. The van der Waals surface area contributed by atoms with Crippen molar-refractivity contribution < 1.29 is 4.79 Å². The van der Waals surface area contributed by atoms with Crippen molar-refractivity contribution >= 4 is 11.6 Å². The number of rotatable bonds is 6. The van der Waals surface area contributed by atoms with E-state index in [1.165, 1.54) is 24.8 Å². The average Bonchev–Trinajstić information content (AvgIpc) is 2.32. The Kier molecular flexibility index (Phi) is 4.83. The molecule has 1 aliphatic rings. The van der Waals surface area contributed by atoms with Crippen molar-refractivity contribution in [1.82, 2.24) is 5.32 Å². The molecule has 2 rings (SSSR count). The molecule has 3 heteroatoms. The lowest BCUT2D eigenvalue weighted by atomic mass is 9.83. The number of hydrogen-bond acceptors (Lipinski definition) is 2. The summed E-state index contributed by atoms with van der Waals surface area (Å²) in [5.41, 5.74) is 2.85. The minimum Gasteiger partial charge on any atom is -0.385 e. The summed E-state index contributed by atoms with van der Waals surface area (Å²) in [6.07, 6.45) is 5.15. The first-order valence-corrected chi connectivity index (χ1v) is 7.33. The Morgan fingerprint density at radius 3 is 2.79 bits per heavy atom. The van der Waals surface area contributed by atoms with Crippen LogP contribution >= 0.6 is 0 Å². The molecular formula is C16H24N2O. The molecular weight excluding hydrogens is 236 g/mol. The third-order valence-electron chi connectivity index (χ3n) is 3.85. The molecule has 0 atom stereocenters. The number of benzene rings is 1. The van der Waals surface area contributed by atoms with Gasteiger partial charge >= 0.3 is 0 Å². The van der Waals surface area contributed by atoms with Crippen LogP contribution in [-0.4, -0.2) is 19.0 Å². The Labute approximate surface area is 115 Å². The number of nitrogens with one attached hydrogen (secondary N) is 2. The number of amides is 1. The molecule has 0 saturated heterocycles. The number of hydrogen-bond donors (Lipinski definition) is 2. The van der Waals surface area contributed by atoms with Gasteiger partial charge in [0.05, 0.1) is 5.56 Å². The molecule has 0 radical (unpaired) electrons. The number of carbonyl (C=O) groups excluding carboxylic acids is 1. The van der Waals surface area contributed by atoms with Crippen molar-refractivity contribution in [2.75, 3.05) is 18.4 Å². The zero-order valence-corrected chi connectivity index (χ0v) is 12.0. The first-order chi connectivity index (χ1) is 9.20. The second-order valence-corrected chi connectivity index (χ2v) is 5.42. The molecule has 2 N–H and O–H groups in total. The Morgan fingerprint density at radius 1 is 1.37 bits per heavy atom. The Bertz CT molecular complexity index is 438. The lowest BCUT2D eigenvalue weighted by Gasteiger charge is -2.25. The highest BCUT2D eigenvalue weighted by atomic mass is 16.1. The summed E-state index contributed by atoms with van der Waals surface area (Å²) in [6.45, 7) is 5.70. The van der Waals surface area contributed by atoms with E-state index in [1.807, 2.05) is 32.0 Å². The highest BCUT2D eigenvalue weighted by Gasteiger charge is 2.17. The van der Waals surface area contributed by atoms with Crippen LogP contribution in [0, 0.1) is 12.8 Å². The maximum Gasteiger partial charge on any atom is 0.253 e. The monoisotopic (exact) mass is 260 g/mol. The number of aryl methyl sites for hydroxylation is 1. The maximum atomic E-state index is 12.2. The van der Waals surface area contributed by atoms with Gasteiger partial charge in [0.2, 0.25) is 0 Å². The van der Waals surface area contributed by atoms with E-state index in [0.29, 0.717) is 0 Å². The van der Waals surface area contributed by atoms with Gasteiger partial charge in [0.1, 0.15) is 0 Å². The molecule has 0 unspecified atom stereocenters. The quantitative estimate of drug-likeness (QED) is 0.823. The summed E-state index contributed by atoms with van der Waals surface area (Å²) in [7, 11) is 0. The van der Waals surface area contributed by atoms with Gasteiger partial charge in [-0.25, -0.2) is 0 Å². The van der Waals surface area contributed by atoms with Crippen LogP contribution in [0.25, 0.3) is 0 Å². The molecule has 1 saturated carbocycles. The Morgan fingerprint density at radius 2 is 2.16 bits per heavy atom. The van der Waals surface area contributed by atoms with Crippen LogP contribution in [-0.2, 0) is 0 Å². The van der Waals surface area contributed by atoms with Gasteiger partial charge in [-0.2, -0.15) is 0 Å². The lowest BCUT2D eigenvalue weighted by molar-refractivity contribution is 0.0950. The van der Waals surface area contributed by atoms with Crippen molar-refractivity contribution in [3.63, 3.8) is 0 Å². The normalized spacial score (nSPS) is 14.8. The Hall–Kier alpha value is -1.51. The Balaban J connectivity index is 1.92. The summed E-state index contributed by atoms with van der Waals surface area (Å²) < 4.78 is 0. The van der Waals surface area contributed by atoms with Crippen LogP contribution in [0.4, 0.5) is 5.69 Å². The van der Waals surface area contributed by atoms with E-state index in [2.05, 4.69) is 10.6 Å². The summed E-state index contributed by atoms with van der Waals surface area (Å²) >= 11 is 0. The predicted molar refractivity (Wildman–Crippen MR) is 79.6 cm³/mol. The van der Waals surface area contributed by atoms with Crippen LogP contribution < -0.4 is 10.6 Å². The van der Waals surface area contributed by atoms with Gasteiger partial charge in [-0.15, -0.1) is 0 Å². The standard InChI is InChI=1S/C16H24N2O/c1-3-17-15-11-12(2)7-8-14(15)16(19)18-10-9-13-5-4-6-13/h7-8,11,13,17H,3-6,9-10H2,1-2H3,(H,18,19). The first kappa shape index (κ1) is 13.9. The minimum absolute atomic E-state index is 0.0373. The zero-order chi connectivity index (χ0) is 13.7. The van der Waals surface area contributed by atoms with E-state index in [-0.39, 0.29) is 5.91 Å². The zero-order valence-electron chi connectivity index (χ0n) is 12.0. The molecule has 3 nitrogen and oxygen atoms in total. The molecule has 0 aromatic heterocycles. The SMILES string of the molecule is CCNc1cc(C)ccc1C(=O)NCCC1CCC1. The summed E-state index contributed by atoms with van der Waals surface area (Å²) in [4.78, 5) is 12.2. The fourth-order valence-electron chi connectivity index (χ4n) is 2.46. The second-order valence-electron chi connectivity index (χ2n) is 5.42. The van der Waals surface area contributed by atoms with E-state index >= 15 is 0 Å². The van der Waals surface area contributed by atoms with Crippen molar-refractivity contribution in [3.8, 4) is 0 Å². The fraction of sp³-hybridized carbons (Fsp3) is 0.562. The van der Waals surface area contributed by atoms with Gasteiger partial charge in [-0.3, -0.25) is 4.79 Å². The summed E-state index contributed by atoms with van der Waals surface area (Å²) in [5, 5.41) is 6.30. The molecule has 0 spiro atoms. The van der Waals surface area contributed by atoms with E-state index in [1.54, 1.807) is 0 Å². The molecule has 1 aromatic carbocycles. The van der Waals surface area contributed by atoms with E-state index in [4.69, 9.17) is 0 Å². The highest BCUT2D eigenvalue weighted by Crippen LogP contribution is 2.28. The van der Waals surface area contributed by atoms with Crippen LogP contribution in [0.3, 0.4) is 0 Å². The van der Waals surface area contributed by atoms with Crippen LogP contribution in [0.1, 0.15) is 48.5 Å². The number of carbonyl (C=O) groups is 1. The molecule has 1 aromatic rings. The van der Waals surface area contributed by atoms with Crippen molar-refractivity contribution in [2.24, 2.45) is 5.92 Å². The average molecular weight is 260 g/mol. The van der Waals surface area contributed by atoms with Crippen LogP contribution in [0.5, 0.6) is 0 Å². The molecule has 1 fully saturated rings. The molecule has 19 heavy (non-hydrogen) atoms. The van der Waals surface area contributed by atoms with Crippen LogP contribution in [0.15, 0.2) is 18.2 Å². The van der Waals surface area contributed by atoms with Gasteiger partial charge in [0.15, 0.2) is 0 Å². The third-order valence-corrected chi connectivity index (χ3v) is 3.85. The van der Waals surface area contributed by atoms with Gasteiger partial charge in [-0.1, -0.05) is 25.3 Å². The van der Waals surface area contributed by atoms with E-state index < -0.39 is 0 Å². The topological polar surface area (TPSA) is 41.1 Å². The van der Waals surface area contributed by atoms with Gasteiger partial charge in [0, 0.05) is 18.8 Å². The molecule has 0 aliphatic heterocycles.